The van der Waals surface area contributed by atoms with Crippen LogP contribution >= 0.6 is 11.3 Å². The summed E-state index contributed by atoms with van der Waals surface area (Å²) in [6.45, 7) is 2.69. The largest absolute Gasteiger partial charge is 0.334 e. The van der Waals surface area contributed by atoms with Crippen LogP contribution < -0.4 is 0 Å². The Balaban J connectivity index is 1.79. The number of Topliss-reactive ketones (excluding diaryl/α,β-unsaturated/α-hetero) is 1. The maximum atomic E-state index is 12.5. The van der Waals surface area contributed by atoms with Gasteiger partial charge in [-0.1, -0.05) is 0 Å². The Morgan fingerprint density at radius 3 is 2.89 bits per heavy atom. The molecule has 2 fully saturated rings. The van der Waals surface area contributed by atoms with Gasteiger partial charge in [0.15, 0.2) is 0 Å². The third-order valence-corrected chi connectivity index (χ3v) is 5.11. The van der Waals surface area contributed by atoms with Crippen LogP contribution in [0.15, 0.2) is 6.20 Å². The van der Waals surface area contributed by atoms with Crippen molar-refractivity contribution in [2.75, 3.05) is 6.54 Å². The molecule has 1 aromatic heterocycles. The number of hydrogen-bond acceptors (Lipinski definition) is 4. The Bertz CT molecular complexity index is 511. The molecule has 102 valence electrons. The van der Waals surface area contributed by atoms with Crippen LogP contribution in [0.5, 0.6) is 0 Å². The number of hydrogen-bond donors (Lipinski definition) is 0. The summed E-state index contributed by atoms with van der Waals surface area (Å²) < 4.78 is 0. The second-order valence-corrected chi connectivity index (χ2v) is 6.65. The molecule has 0 spiro atoms. The summed E-state index contributed by atoms with van der Waals surface area (Å²) in [5, 5.41) is 0.913. The van der Waals surface area contributed by atoms with Gasteiger partial charge >= 0.3 is 0 Å². The van der Waals surface area contributed by atoms with Crippen LogP contribution in [0.2, 0.25) is 0 Å². The van der Waals surface area contributed by atoms with Crippen molar-refractivity contribution in [1.82, 2.24) is 9.88 Å². The number of amides is 1. The summed E-state index contributed by atoms with van der Waals surface area (Å²) in [5.74, 6) is 0.499. The van der Waals surface area contributed by atoms with Gasteiger partial charge in [0, 0.05) is 24.9 Å². The number of aromatic nitrogens is 1. The van der Waals surface area contributed by atoms with E-state index in [0.717, 1.165) is 37.2 Å². The van der Waals surface area contributed by atoms with Crippen molar-refractivity contribution in [3.63, 3.8) is 0 Å². The highest BCUT2D eigenvalue weighted by molar-refractivity contribution is 7.13. The van der Waals surface area contributed by atoms with E-state index in [9.17, 15) is 9.59 Å². The van der Waals surface area contributed by atoms with E-state index in [1.165, 1.54) is 11.3 Å². The standard InChI is InChI=1S/C14H18N2O2S/c1-9-15-8-13(19-9)14(18)16-7-3-5-11(16)10-4-2-6-12(10)17/h8,10-11H,2-7H2,1H3. The van der Waals surface area contributed by atoms with Gasteiger partial charge in [0.1, 0.15) is 10.7 Å². The Morgan fingerprint density at radius 1 is 1.42 bits per heavy atom. The van der Waals surface area contributed by atoms with Gasteiger partial charge in [0.2, 0.25) is 0 Å². The lowest BCUT2D eigenvalue weighted by molar-refractivity contribution is -0.121. The van der Waals surface area contributed by atoms with Crippen molar-refractivity contribution >= 4 is 23.0 Å². The topological polar surface area (TPSA) is 50.3 Å². The highest BCUT2D eigenvalue weighted by Crippen LogP contribution is 2.34. The summed E-state index contributed by atoms with van der Waals surface area (Å²) in [6.07, 6.45) is 6.28. The van der Waals surface area contributed by atoms with Crippen LogP contribution in [0.1, 0.15) is 46.8 Å². The van der Waals surface area contributed by atoms with Crippen molar-refractivity contribution in [3.8, 4) is 0 Å². The van der Waals surface area contributed by atoms with Gasteiger partial charge in [-0.05, 0) is 32.6 Å². The van der Waals surface area contributed by atoms with Crippen LogP contribution in [0.25, 0.3) is 0 Å². The molecule has 1 saturated heterocycles. The molecule has 19 heavy (non-hydrogen) atoms. The highest BCUT2D eigenvalue weighted by atomic mass is 32.1. The molecule has 1 aromatic rings. The molecular formula is C14H18N2O2S. The molecule has 0 bridgehead atoms. The van der Waals surface area contributed by atoms with Gasteiger partial charge < -0.3 is 4.90 Å². The van der Waals surface area contributed by atoms with Crippen molar-refractivity contribution in [2.24, 2.45) is 5.92 Å². The van der Waals surface area contributed by atoms with E-state index in [0.29, 0.717) is 17.1 Å². The number of carbonyl (C=O) groups excluding carboxylic acids is 2. The number of carbonyl (C=O) groups is 2. The second kappa shape index (κ2) is 5.04. The first-order valence-corrected chi connectivity index (χ1v) is 7.74. The molecule has 1 aliphatic heterocycles. The highest BCUT2D eigenvalue weighted by Gasteiger charge is 2.40. The molecule has 3 rings (SSSR count). The molecule has 1 aliphatic carbocycles. The van der Waals surface area contributed by atoms with Crippen molar-refractivity contribution < 1.29 is 9.59 Å². The molecule has 2 aliphatic rings. The van der Waals surface area contributed by atoms with E-state index in [-0.39, 0.29) is 17.9 Å². The van der Waals surface area contributed by atoms with Crippen molar-refractivity contribution in [1.29, 1.82) is 0 Å². The fraction of sp³-hybridized carbons (Fsp3) is 0.643. The van der Waals surface area contributed by atoms with Gasteiger partial charge in [0.25, 0.3) is 5.91 Å². The van der Waals surface area contributed by atoms with E-state index in [1.54, 1.807) is 6.20 Å². The summed E-state index contributed by atoms with van der Waals surface area (Å²) in [5.41, 5.74) is 0. The lowest BCUT2D eigenvalue weighted by Gasteiger charge is -2.28. The first kappa shape index (κ1) is 12.8. The fourth-order valence-electron chi connectivity index (χ4n) is 3.31. The van der Waals surface area contributed by atoms with Gasteiger partial charge in [-0.2, -0.15) is 0 Å². The van der Waals surface area contributed by atoms with Crippen LogP contribution in [-0.2, 0) is 4.79 Å². The van der Waals surface area contributed by atoms with Crippen LogP contribution in [-0.4, -0.2) is 34.2 Å². The second-order valence-electron chi connectivity index (χ2n) is 5.42. The molecule has 0 N–H and O–H groups in total. The molecular weight excluding hydrogens is 260 g/mol. The molecule has 1 amide bonds. The van der Waals surface area contributed by atoms with Crippen molar-refractivity contribution in [3.05, 3.63) is 16.1 Å². The zero-order valence-corrected chi connectivity index (χ0v) is 11.9. The summed E-state index contributed by atoms with van der Waals surface area (Å²) in [4.78, 5) is 31.2. The summed E-state index contributed by atoms with van der Waals surface area (Å²) in [7, 11) is 0. The number of aryl methyl sites for hydroxylation is 1. The zero-order valence-electron chi connectivity index (χ0n) is 11.1. The number of thiazole rings is 1. The molecule has 0 radical (unpaired) electrons. The molecule has 0 aromatic carbocycles. The van der Waals surface area contributed by atoms with Crippen LogP contribution in [0.3, 0.4) is 0 Å². The maximum absolute atomic E-state index is 12.5. The predicted molar refractivity (Wildman–Crippen MR) is 73.3 cm³/mol. The smallest absolute Gasteiger partial charge is 0.265 e. The Labute approximate surface area is 116 Å². The third-order valence-electron chi connectivity index (χ3n) is 4.21. The predicted octanol–water partition coefficient (Wildman–Crippen LogP) is 2.43. The van der Waals surface area contributed by atoms with Gasteiger partial charge in [0.05, 0.1) is 11.2 Å². The molecule has 4 nitrogen and oxygen atoms in total. The average molecular weight is 278 g/mol. The average Bonchev–Trinajstić information content (AvgIpc) is 3.07. The van der Waals surface area contributed by atoms with Gasteiger partial charge in [-0.3, -0.25) is 9.59 Å². The first-order valence-electron chi connectivity index (χ1n) is 6.93. The van der Waals surface area contributed by atoms with E-state index >= 15 is 0 Å². The molecule has 1 saturated carbocycles. The van der Waals surface area contributed by atoms with E-state index in [1.807, 2.05) is 11.8 Å². The number of rotatable bonds is 2. The Morgan fingerprint density at radius 2 is 2.26 bits per heavy atom. The van der Waals surface area contributed by atoms with E-state index in [4.69, 9.17) is 0 Å². The number of ketones is 1. The third kappa shape index (κ3) is 2.31. The van der Waals surface area contributed by atoms with Gasteiger partial charge in [-0.15, -0.1) is 11.3 Å². The number of nitrogens with zero attached hydrogens (tertiary/aromatic N) is 2. The Hall–Kier alpha value is -1.23. The quantitative estimate of drug-likeness (QED) is 0.835. The zero-order chi connectivity index (χ0) is 13.4. The van der Waals surface area contributed by atoms with Crippen LogP contribution in [0.4, 0.5) is 0 Å². The molecule has 5 heteroatoms. The van der Waals surface area contributed by atoms with E-state index in [2.05, 4.69) is 4.98 Å². The van der Waals surface area contributed by atoms with Crippen LogP contribution in [0, 0.1) is 12.8 Å². The fourth-order valence-corrected chi connectivity index (χ4v) is 4.05. The Kier molecular flexibility index (Phi) is 3.39. The molecule has 2 atom stereocenters. The lowest BCUT2D eigenvalue weighted by Crippen LogP contribution is -2.41. The van der Waals surface area contributed by atoms with Crippen molar-refractivity contribution in [2.45, 2.75) is 45.1 Å². The minimum Gasteiger partial charge on any atom is -0.334 e. The normalized spacial score (nSPS) is 27.2. The van der Waals surface area contributed by atoms with Gasteiger partial charge in [-0.25, -0.2) is 4.98 Å². The summed E-state index contributed by atoms with van der Waals surface area (Å²) >= 11 is 1.44. The lowest BCUT2D eigenvalue weighted by atomic mass is 9.95. The minimum absolute atomic E-state index is 0.0628. The summed E-state index contributed by atoms with van der Waals surface area (Å²) in [6, 6.07) is 0.130. The SMILES string of the molecule is Cc1ncc(C(=O)N2CCCC2C2CCCC2=O)s1. The monoisotopic (exact) mass is 278 g/mol. The minimum atomic E-state index is 0.0628. The van der Waals surface area contributed by atoms with E-state index < -0.39 is 0 Å². The number of likely N-dealkylation sites (tertiary alicyclic amines) is 1. The maximum Gasteiger partial charge on any atom is 0.265 e. The molecule has 2 unspecified atom stereocenters. The first-order chi connectivity index (χ1) is 9.16. The molecule has 2 heterocycles.